The highest BCUT2D eigenvalue weighted by molar-refractivity contribution is 7.89. The zero-order valence-electron chi connectivity index (χ0n) is 11.6. The number of hydrogen-bond acceptors (Lipinski definition) is 3. The van der Waals surface area contributed by atoms with Gasteiger partial charge in [0.1, 0.15) is 0 Å². The fourth-order valence-electron chi connectivity index (χ4n) is 2.70. The molecular weight excluding hydrogens is 296 g/mol. The number of nitrogens with one attached hydrogen (secondary N) is 1. The molecule has 112 valence electrons. The van der Waals surface area contributed by atoms with E-state index in [0.717, 1.165) is 6.42 Å². The number of nitrogens with two attached hydrogens (primary N) is 1. The Hall–Kier alpha value is -0.620. The van der Waals surface area contributed by atoms with Crippen LogP contribution in [0.15, 0.2) is 23.1 Å². The summed E-state index contributed by atoms with van der Waals surface area (Å²) in [5.74, 6) is 1.02. The van der Waals surface area contributed by atoms with E-state index in [1.807, 2.05) is 0 Å². The molecular formula is C14H21ClN2O2S. The minimum absolute atomic E-state index is 0.224. The summed E-state index contributed by atoms with van der Waals surface area (Å²) in [5, 5.41) is 0.496. The lowest BCUT2D eigenvalue weighted by Gasteiger charge is -2.16. The van der Waals surface area contributed by atoms with Crippen molar-refractivity contribution in [2.24, 2.45) is 17.6 Å². The molecule has 0 bridgehead atoms. The summed E-state index contributed by atoms with van der Waals surface area (Å²) in [6.45, 7) is 2.91. The van der Waals surface area contributed by atoms with Gasteiger partial charge in [-0.1, -0.05) is 31.4 Å². The Kier molecular flexibility index (Phi) is 5.07. The van der Waals surface area contributed by atoms with E-state index in [2.05, 4.69) is 11.6 Å². The molecule has 1 saturated carbocycles. The lowest BCUT2D eigenvalue weighted by molar-refractivity contribution is 0.414. The monoisotopic (exact) mass is 316 g/mol. The molecule has 1 aromatic rings. The SMILES string of the molecule is CC1CCCC1CNS(=O)(=O)c1ccc(Cl)c(CN)c1. The summed E-state index contributed by atoms with van der Waals surface area (Å²) in [6, 6.07) is 4.64. The van der Waals surface area contributed by atoms with Crippen LogP contribution in [0.4, 0.5) is 0 Å². The van der Waals surface area contributed by atoms with Crippen LogP contribution in [-0.4, -0.2) is 15.0 Å². The lowest BCUT2D eigenvalue weighted by atomic mass is 9.99. The van der Waals surface area contributed by atoms with Crippen LogP contribution in [0, 0.1) is 11.8 Å². The van der Waals surface area contributed by atoms with Crippen LogP contribution in [-0.2, 0) is 16.6 Å². The maximum absolute atomic E-state index is 12.3. The summed E-state index contributed by atoms with van der Waals surface area (Å²) in [7, 11) is -3.48. The topological polar surface area (TPSA) is 72.2 Å². The molecule has 2 unspecified atom stereocenters. The van der Waals surface area contributed by atoms with Crippen molar-refractivity contribution >= 4 is 21.6 Å². The van der Waals surface area contributed by atoms with Crippen LogP contribution in [0.3, 0.4) is 0 Å². The standard InChI is InChI=1S/C14H21ClN2O2S/c1-10-3-2-4-11(10)9-17-20(18,19)13-5-6-14(15)12(7-13)8-16/h5-7,10-11,17H,2-4,8-9,16H2,1H3. The first-order valence-corrected chi connectivity index (χ1v) is 8.78. The van der Waals surface area contributed by atoms with Crippen LogP contribution in [0.2, 0.25) is 5.02 Å². The van der Waals surface area contributed by atoms with Crippen molar-refractivity contribution in [3.05, 3.63) is 28.8 Å². The van der Waals surface area contributed by atoms with Gasteiger partial charge in [0, 0.05) is 18.1 Å². The molecule has 20 heavy (non-hydrogen) atoms. The number of rotatable bonds is 5. The molecule has 3 N–H and O–H groups in total. The van der Waals surface area contributed by atoms with E-state index in [-0.39, 0.29) is 11.4 Å². The first-order chi connectivity index (χ1) is 9.44. The van der Waals surface area contributed by atoms with E-state index < -0.39 is 10.0 Å². The summed E-state index contributed by atoms with van der Waals surface area (Å²) >= 11 is 5.95. The second kappa shape index (κ2) is 6.43. The second-order valence-electron chi connectivity index (χ2n) is 5.48. The molecule has 1 fully saturated rings. The third-order valence-corrected chi connectivity index (χ3v) is 5.91. The van der Waals surface area contributed by atoms with Gasteiger partial charge in [0.05, 0.1) is 4.90 Å². The van der Waals surface area contributed by atoms with E-state index in [4.69, 9.17) is 17.3 Å². The average molecular weight is 317 g/mol. The summed E-state index contributed by atoms with van der Waals surface area (Å²) in [5.41, 5.74) is 6.20. The van der Waals surface area contributed by atoms with Gasteiger partial charge in [0.2, 0.25) is 10.0 Å². The maximum atomic E-state index is 12.3. The highest BCUT2D eigenvalue weighted by Gasteiger charge is 2.25. The third-order valence-electron chi connectivity index (χ3n) is 4.12. The Morgan fingerprint density at radius 2 is 2.15 bits per heavy atom. The second-order valence-corrected chi connectivity index (χ2v) is 7.65. The van der Waals surface area contributed by atoms with Crippen molar-refractivity contribution in [1.29, 1.82) is 0 Å². The van der Waals surface area contributed by atoms with Crippen LogP contribution >= 0.6 is 11.6 Å². The number of hydrogen-bond donors (Lipinski definition) is 2. The van der Waals surface area contributed by atoms with Gasteiger partial charge in [-0.25, -0.2) is 13.1 Å². The molecule has 0 heterocycles. The van der Waals surface area contributed by atoms with E-state index >= 15 is 0 Å². The summed E-state index contributed by atoms with van der Waals surface area (Å²) in [4.78, 5) is 0.230. The number of benzene rings is 1. The molecule has 0 aromatic heterocycles. The fourth-order valence-corrected chi connectivity index (χ4v) is 4.04. The third kappa shape index (κ3) is 3.52. The van der Waals surface area contributed by atoms with Crippen molar-refractivity contribution in [3.8, 4) is 0 Å². The molecule has 6 heteroatoms. The van der Waals surface area contributed by atoms with E-state index in [9.17, 15) is 8.42 Å². The predicted octanol–water partition coefficient (Wildman–Crippen LogP) is 2.51. The van der Waals surface area contributed by atoms with Crippen molar-refractivity contribution in [3.63, 3.8) is 0 Å². The van der Waals surface area contributed by atoms with Crippen molar-refractivity contribution in [2.45, 2.75) is 37.6 Å². The molecule has 0 radical (unpaired) electrons. The summed E-state index contributed by atoms with van der Waals surface area (Å²) < 4.78 is 27.3. The van der Waals surface area contributed by atoms with Crippen LogP contribution in [0.1, 0.15) is 31.7 Å². The largest absolute Gasteiger partial charge is 0.326 e. The highest BCUT2D eigenvalue weighted by atomic mass is 35.5. The quantitative estimate of drug-likeness (QED) is 0.876. The zero-order valence-corrected chi connectivity index (χ0v) is 13.2. The van der Waals surface area contributed by atoms with Gasteiger partial charge < -0.3 is 5.73 Å². The van der Waals surface area contributed by atoms with Gasteiger partial charge in [-0.2, -0.15) is 0 Å². The molecule has 2 atom stereocenters. The molecule has 1 aliphatic carbocycles. The molecule has 0 spiro atoms. The predicted molar refractivity (Wildman–Crippen MR) is 81.0 cm³/mol. The molecule has 4 nitrogen and oxygen atoms in total. The van der Waals surface area contributed by atoms with Crippen molar-refractivity contribution in [1.82, 2.24) is 4.72 Å². The van der Waals surface area contributed by atoms with Gasteiger partial charge >= 0.3 is 0 Å². The van der Waals surface area contributed by atoms with Crippen LogP contribution in [0.25, 0.3) is 0 Å². The minimum Gasteiger partial charge on any atom is -0.326 e. The number of sulfonamides is 1. The van der Waals surface area contributed by atoms with E-state index in [1.54, 1.807) is 12.1 Å². The smallest absolute Gasteiger partial charge is 0.240 e. The minimum atomic E-state index is -3.48. The zero-order chi connectivity index (χ0) is 14.8. The average Bonchev–Trinajstić information content (AvgIpc) is 2.82. The highest BCUT2D eigenvalue weighted by Crippen LogP contribution is 2.30. The Morgan fingerprint density at radius 1 is 1.40 bits per heavy atom. The van der Waals surface area contributed by atoms with E-state index in [1.165, 1.54) is 18.9 Å². The van der Waals surface area contributed by atoms with Crippen molar-refractivity contribution < 1.29 is 8.42 Å². The lowest BCUT2D eigenvalue weighted by Crippen LogP contribution is -2.30. The Balaban J connectivity index is 2.10. The molecule has 0 saturated heterocycles. The first kappa shape index (κ1) is 15.8. The van der Waals surface area contributed by atoms with Gasteiger partial charge in [0.25, 0.3) is 0 Å². The van der Waals surface area contributed by atoms with Crippen molar-refractivity contribution in [2.75, 3.05) is 6.54 Å². The van der Waals surface area contributed by atoms with Gasteiger partial charge in [-0.15, -0.1) is 0 Å². The van der Waals surface area contributed by atoms with Gasteiger partial charge in [-0.05, 0) is 42.0 Å². The van der Waals surface area contributed by atoms with Gasteiger partial charge in [-0.3, -0.25) is 0 Å². The fraction of sp³-hybridized carbons (Fsp3) is 0.571. The molecule has 1 aromatic carbocycles. The Morgan fingerprint density at radius 3 is 2.75 bits per heavy atom. The summed E-state index contributed by atoms with van der Waals surface area (Å²) in [6.07, 6.45) is 3.47. The molecule has 1 aliphatic rings. The normalized spacial score (nSPS) is 23.1. The number of halogens is 1. The van der Waals surface area contributed by atoms with Crippen LogP contribution in [0.5, 0.6) is 0 Å². The first-order valence-electron chi connectivity index (χ1n) is 6.92. The Labute approximate surface area is 125 Å². The van der Waals surface area contributed by atoms with Crippen LogP contribution < -0.4 is 10.5 Å². The van der Waals surface area contributed by atoms with Gasteiger partial charge in [0.15, 0.2) is 0 Å². The maximum Gasteiger partial charge on any atom is 0.240 e. The molecule has 0 amide bonds. The molecule has 2 rings (SSSR count). The molecule has 0 aliphatic heterocycles. The Bertz CT molecular complexity index is 575. The van der Waals surface area contributed by atoms with E-state index in [0.29, 0.717) is 29.0 Å².